The SMILES string of the molecule is CN(C)CC1CCN(C(=O)Nc2cc(Oc3ccc([N+](=O)[O-])cc3F)ccn2)CC1. The molecule has 3 rings (SSSR count). The minimum atomic E-state index is -0.854. The summed E-state index contributed by atoms with van der Waals surface area (Å²) in [5.41, 5.74) is -0.364. The predicted molar refractivity (Wildman–Crippen MR) is 109 cm³/mol. The Morgan fingerprint density at radius 3 is 2.70 bits per heavy atom. The number of hydrogen-bond acceptors (Lipinski definition) is 6. The van der Waals surface area contributed by atoms with Crippen LogP contribution in [-0.4, -0.2) is 59.5 Å². The van der Waals surface area contributed by atoms with Gasteiger partial charge in [-0.2, -0.15) is 0 Å². The summed E-state index contributed by atoms with van der Waals surface area (Å²) in [6, 6.07) is 5.86. The average molecular weight is 417 g/mol. The number of amides is 2. The molecule has 2 heterocycles. The number of halogens is 1. The first-order chi connectivity index (χ1) is 14.3. The van der Waals surface area contributed by atoms with E-state index < -0.39 is 10.7 Å². The molecule has 1 fully saturated rings. The van der Waals surface area contributed by atoms with Crippen molar-refractivity contribution in [3.8, 4) is 11.5 Å². The van der Waals surface area contributed by atoms with E-state index in [2.05, 4.69) is 15.2 Å². The molecule has 30 heavy (non-hydrogen) atoms. The Labute approximate surface area is 173 Å². The van der Waals surface area contributed by atoms with E-state index in [0.29, 0.717) is 19.0 Å². The number of rotatable bonds is 6. The quantitative estimate of drug-likeness (QED) is 0.568. The highest BCUT2D eigenvalue weighted by molar-refractivity contribution is 5.88. The molecule has 2 aromatic rings. The van der Waals surface area contributed by atoms with Crippen molar-refractivity contribution in [1.29, 1.82) is 0 Å². The van der Waals surface area contributed by atoms with Gasteiger partial charge in [0, 0.05) is 38.0 Å². The highest BCUT2D eigenvalue weighted by Crippen LogP contribution is 2.28. The molecule has 0 unspecified atom stereocenters. The second-order valence-electron chi connectivity index (χ2n) is 7.47. The molecule has 0 bridgehead atoms. The molecule has 1 saturated heterocycles. The molecule has 1 aliphatic rings. The highest BCUT2D eigenvalue weighted by Gasteiger charge is 2.23. The van der Waals surface area contributed by atoms with Crippen LogP contribution >= 0.6 is 0 Å². The number of anilines is 1. The summed E-state index contributed by atoms with van der Waals surface area (Å²) in [6.45, 7) is 2.36. The molecule has 0 saturated carbocycles. The van der Waals surface area contributed by atoms with Crippen LogP contribution < -0.4 is 10.1 Å². The predicted octanol–water partition coefficient (Wildman–Crippen LogP) is 3.73. The lowest BCUT2D eigenvalue weighted by Gasteiger charge is -2.33. The normalized spacial score (nSPS) is 14.6. The Kier molecular flexibility index (Phi) is 6.78. The van der Waals surface area contributed by atoms with E-state index in [-0.39, 0.29) is 29.0 Å². The number of nitrogens with one attached hydrogen (secondary N) is 1. The zero-order chi connectivity index (χ0) is 21.7. The van der Waals surface area contributed by atoms with Gasteiger partial charge in [0.1, 0.15) is 11.6 Å². The van der Waals surface area contributed by atoms with E-state index >= 15 is 0 Å². The Hall–Kier alpha value is -3.27. The molecular weight excluding hydrogens is 393 g/mol. The van der Waals surface area contributed by atoms with E-state index in [1.807, 2.05) is 14.1 Å². The summed E-state index contributed by atoms with van der Waals surface area (Å²) in [5.74, 6) is 0.0858. The van der Waals surface area contributed by atoms with Crippen LogP contribution in [0.3, 0.4) is 0 Å². The van der Waals surface area contributed by atoms with Crippen molar-refractivity contribution in [1.82, 2.24) is 14.8 Å². The summed E-state index contributed by atoms with van der Waals surface area (Å²) in [4.78, 5) is 30.6. The second-order valence-corrected chi connectivity index (χ2v) is 7.47. The van der Waals surface area contributed by atoms with Gasteiger partial charge in [0.05, 0.1) is 11.0 Å². The third kappa shape index (κ3) is 5.63. The maximum atomic E-state index is 14.0. The maximum absolute atomic E-state index is 14.0. The fraction of sp³-hybridized carbons (Fsp3) is 0.400. The Bertz CT molecular complexity index is 916. The van der Waals surface area contributed by atoms with E-state index in [4.69, 9.17) is 4.74 Å². The van der Waals surface area contributed by atoms with E-state index in [1.165, 1.54) is 24.4 Å². The summed E-state index contributed by atoms with van der Waals surface area (Å²) in [6.07, 6.45) is 3.32. The molecule has 10 heteroatoms. The monoisotopic (exact) mass is 417 g/mol. The first kappa shape index (κ1) is 21.4. The van der Waals surface area contributed by atoms with Crippen LogP contribution in [0.4, 0.5) is 20.7 Å². The largest absolute Gasteiger partial charge is 0.454 e. The van der Waals surface area contributed by atoms with Gasteiger partial charge >= 0.3 is 6.03 Å². The molecule has 0 radical (unpaired) electrons. The summed E-state index contributed by atoms with van der Waals surface area (Å²) < 4.78 is 19.5. The Balaban J connectivity index is 1.59. The molecule has 0 aliphatic carbocycles. The molecule has 1 aromatic heterocycles. The minimum Gasteiger partial charge on any atom is -0.454 e. The van der Waals surface area contributed by atoms with Crippen LogP contribution in [-0.2, 0) is 0 Å². The van der Waals surface area contributed by atoms with E-state index in [0.717, 1.165) is 31.5 Å². The second kappa shape index (κ2) is 9.49. The van der Waals surface area contributed by atoms with Gasteiger partial charge in [-0.1, -0.05) is 0 Å². The van der Waals surface area contributed by atoms with Crippen molar-refractivity contribution in [2.45, 2.75) is 12.8 Å². The Morgan fingerprint density at radius 1 is 1.33 bits per heavy atom. The van der Waals surface area contributed by atoms with Gasteiger partial charge in [-0.3, -0.25) is 15.4 Å². The number of nitrogens with zero attached hydrogens (tertiary/aromatic N) is 4. The van der Waals surface area contributed by atoms with Crippen molar-refractivity contribution in [2.24, 2.45) is 5.92 Å². The molecule has 1 aliphatic heterocycles. The number of non-ortho nitro benzene ring substituents is 1. The number of hydrogen-bond donors (Lipinski definition) is 1. The number of nitro groups is 1. The average Bonchev–Trinajstić information content (AvgIpc) is 2.69. The van der Waals surface area contributed by atoms with Gasteiger partial charge in [-0.05, 0) is 45.0 Å². The highest BCUT2D eigenvalue weighted by atomic mass is 19.1. The van der Waals surface area contributed by atoms with Crippen LogP contribution in [0.5, 0.6) is 11.5 Å². The van der Waals surface area contributed by atoms with Crippen LogP contribution in [0, 0.1) is 21.8 Å². The lowest BCUT2D eigenvalue weighted by atomic mass is 9.97. The smallest absolute Gasteiger partial charge is 0.323 e. The molecule has 1 N–H and O–H groups in total. The number of carbonyl (C=O) groups is 1. The summed E-state index contributed by atoms with van der Waals surface area (Å²) >= 11 is 0. The number of urea groups is 1. The molecule has 2 amide bonds. The maximum Gasteiger partial charge on any atom is 0.323 e. The molecule has 160 valence electrons. The van der Waals surface area contributed by atoms with Gasteiger partial charge in [-0.15, -0.1) is 0 Å². The number of nitro benzene ring substituents is 1. The van der Waals surface area contributed by atoms with Gasteiger partial charge in [0.2, 0.25) is 0 Å². The molecule has 9 nitrogen and oxygen atoms in total. The number of carbonyl (C=O) groups excluding carboxylic acids is 1. The van der Waals surface area contributed by atoms with Gasteiger partial charge in [-0.25, -0.2) is 14.2 Å². The number of piperidine rings is 1. The van der Waals surface area contributed by atoms with Crippen molar-refractivity contribution < 1.29 is 18.8 Å². The van der Waals surface area contributed by atoms with Crippen molar-refractivity contribution in [2.75, 3.05) is 39.0 Å². The molecule has 1 aromatic carbocycles. The third-order valence-corrected chi connectivity index (χ3v) is 4.85. The first-order valence-electron chi connectivity index (χ1n) is 9.60. The number of pyridine rings is 1. The van der Waals surface area contributed by atoms with Crippen LogP contribution in [0.25, 0.3) is 0 Å². The van der Waals surface area contributed by atoms with Crippen LogP contribution in [0.1, 0.15) is 12.8 Å². The number of aromatic nitrogens is 1. The number of benzene rings is 1. The van der Waals surface area contributed by atoms with Gasteiger partial charge in [0.15, 0.2) is 11.6 Å². The van der Waals surface area contributed by atoms with Gasteiger partial charge in [0.25, 0.3) is 5.69 Å². The fourth-order valence-corrected chi connectivity index (χ4v) is 3.38. The third-order valence-electron chi connectivity index (χ3n) is 4.85. The van der Waals surface area contributed by atoms with Crippen molar-refractivity contribution >= 4 is 17.5 Å². The summed E-state index contributed by atoms with van der Waals surface area (Å²) in [5, 5.41) is 13.4. The lowest BCUT2D eigenvalue weighted by molar-refractivity contribution is -0.385. The summed E-state index contributed by atoms with van der Waals surface area (Å²) in [7, 11) is 4.09. The molecule has 0 atom stereocenters. The molecular formula is C20H24FN5O4. The zero-order valence-electron chi connectivity index (χ0n) is 16.9. The van der Waals surface area contributed by atoms with Crippen molar-refractivity contribution in [3.63, 3.8) is 0 Å². The number of likely N-dealkylation sites (tertiary alicyclic amines) is 1. The minimum absolute atomic E-state index is 0.160. The number of ether oxygens (including phenoxy) is 1. The van der Waals surface area contributed by atoms with Crippen LogP contribution in [0.2, 0.25) is 0 Å². The van der Waals surface area contributed by atoms with Gasteiger partial charge < -0.3 is 14.5 Å². The van der Waals surface area contributed by atoms with Crippen molar-refractivity contribution in [3.05, 3.63) is 52.5 Å². The van der Waals surface area contributed by atoms with Crippen LogP contribution in [0.15, 0.2) is 36.5 Å². The van der Waals surface area contributed by atoms with E-state index in [9.17, 15) is 19.3 Å². The fourth-order valence-electron chi connectivity index (χ4n) is 3.38. The van der Waals surface area contributed by atoms with E-state index in [1.54, 1.807) is 4.90 Å². The Morgan fingerprint density at radius 2 is 2.07 bits per heavy atom. The standard InChI is InChI=1S/C20H24FN5O4/c1-24(2)13-14-6-9-25(10-7-14)20(27)23-19-12-16(5-8-22-19)30-18-4-3-15(26(28)29)11-17(18)21/h3-5,8,11-12,14H,6-7,9-10,13H2,1-2H3,(H,22,23,27). The zero-order valence-corrected chi connectivity index (χ0v) is 16.9. The molecule has 0 spiro atoms. The topological polar surface area (TPSA) is 101 Å². The first-order valence-corrected chi connectivity index (χ1v) is 9.60. The lowest BCUT2D eigenvalue weighted by Crippen LogP contribution is -2.42.